The zero-order valence-electron chi connectivity index (χ0n) is 15.9. The third-order valence-corrected chi connectivity index (χ3v) is 3.93. The van der Waals surface area contributed by atoms with Gasteiger partial charge in [-0.1, -0.05) is 50.6 Å². The summed E-state index contributed by atoms with van der Waals surface area (Å²) < 4.78 is 5.54. The molecule has 1 rings (SSSR count). The molecule has 136 valence electrons. The number of nitrogens with zero attached hydrogens (tertiary/aromatic N) is 1. The fraction of sp³-hybridized carbons (Fsp3) is 0.632. The van der Waals surface area contributed by atoms with Gasteiger partial charge in [0.15, 0.2) is 5.96 Å². The molecule has 0 amide bonds. The molecule has 0 aliphatic heterocycles. The molecule has 3 N–H and O–H groups in total. The maximum Gasteiger partial charge on any atom is 0.191 e. The van der Waals surface area contributed by atoms with Crippen LogP contribution < -0.4 is 10.6 Å². The Balaban J connectivity index is 2.64. The number of methoxy groups -OCH3 is 1. The standard InChI is InChI=1S/C19H33N3O2/c1-7-20-18(22-13-17(24-6)19(3,4)5)21-12-16(23)15-10-8-14(2)9-11-15/h8-11,16-17,23H,7,12-13H2,1-6H3,(H2,20,21,22). The average molecular weight is 335 g/mol. The summed E-state index contributed by atoms with van der Waals surface area (Å²) in [5.41, 5.74) is 2.10. The summed E-state index contributed by atoms with van der Waals surface area (Å²) in [5.74, 6) is 0.690. The molecule has 1 aromatic rings. The van der Waals surface area contributed by atoms with Gasteiger partial charge in [0, 0.05) is 20.2 Å². The van der Waals surface area contributed by atoms with Gasteiger partial charge >= 0.3 is 0 Å². The Morgan fingerprint density at radius 2 is 1.83 bits per heavy atom. The van der Waals surface area contributed by atoms with Crippen molar-refractivity contribution in [1.29, 1.82) is 0 Å². The highest BCUT2D eigenvalue weighted by Crippen LogP contribution is 2.21. The summed E-state index contributed by atoms with van der Waals surface area (Å²) in [6.07, 6.45) is -0.537. The summed E-state index contributed by atoms with van der Waals surface area (Å²) >= 11 is 0. The molecule has 2 atom stereocenters. The fourth-order valence-corrected chi connectivity index (χ4v) is 2.32. The summed E-state index contributed by atoms with van der Waals surface area (Å²) in [5, 5.41) is 16.7. The van der Waals surface area contributed by atoms with Crippen LogP contribution in [0.2, 0.25) is 0 Å². The van der Waals surface area contributed by atoms with E-state index >= 15 is 0 Å². The lowest BCUT2D eigenvalue weighted by Crippen LogP contribution is -2.41. The minimum absolute atomic E-state index is 0.0248. The molecule has 0 saturated carbocycles. The lowest BCUT2D eigenvalue weighted by molar-refractivity contribution is 0.0241. The average Bonchev–Trinajstić information content (AvgIpc) is 2.52. The molecule has 0 heterocycles. The summed E-state index contributed by atoms with van der Waals surface area (Å²) in [6, 6.07) is 7.91. The monoisotopic (exact) mass is 335 g/mol. The Morgan fingerprint density at radius 3 is 2.33 bits per heavy atom. The Kier molecular flexibility index (Phi) is 8.22. The van der Waals surface area contributed by atoms with E-state index in [0.717, 1.165) is 12.1 Å². The number of guanidine groups is 1. The first kappa shape index (κ1) is 20.5. The quantitative estimate of drug-likeness (QED) is 0.529. The Hall–Kier alpha value is -1.59. The van der Waals surface area contributed by atoms with Gasteiger partial charge in [-0.25, -0.2) is 0 Å². The number of hydrogen-bond acceptors (Lipinski definition) is 3. The summed E-state index contributed by atoms with van der Waals surface area (Å²) in [4.78, 5) is 4.59. The Morgan fingerprint density at radius 1 is 1.21 bits per heavy atom. The van der Waals surface area contributed by atoms with Crippen molar-refractivity contribution in [1.82, 2.24) is 10.6 Å². The Bertz CT molecular complexity index is 506. The second-order valence-electron chi connectivity index (χ2n) is 7.12. The van der Waals surface area contributed by atoms with E-state index in [-0.39, 0.29) is 11.5 Å². The van der Waals surface area contributed by atoms with Crippen LogP contribution in [0.1, 0.15) is 44.9 Å². The molecule has 2 unspecified atom stereocenters. The molecule has 5 nitrogen and oxygen atoms in total. The molecule has 0 radical (unpaired) electrons. The zero-order valence-corrected chi connectivity index (χ0v) is 15.9. The molecule has 0 aromatic heterocycles. The zero-order chi connectivity index (χ0) is 18.2. The van der Waals surface area contributed by atoms with Gasteiger partial charge in [0.2, 0.25) is 0 Å². The van der Waals surface area contributed by atoms with Crippen LogP contribution in [0.5, 0.6) is 0 Å². The van der Waals surface area contributed by atoms with Crippen LogP contribution in [0.4, 0.5) is 0 Å². The predicted molar refractivity (Wildman–Crippen MR) is 100 cm³/mol. The van der Waals surface area contributed by atoms with E-state index in [4.69, 9.17) is 4.74 Å². The highest BCUT2D eigenvalue weighted by Gasteiger charge is 2.24. The molecule has 5 heteroatoms. The van der Waals surface area contributed by atoms with E-state index in [1.807, 2.05) is 38.1 Å². The van der Waals surface area contributed by atoms with E-state index in [1.54, 1.807) is 7.11 Å². The second kappa shape index (κ2) is 9.64. The number of aryl methyl sites for hydroxylation is 1. The molecule has 0 saturated heterocycles. The number of aliphatic hydroxyl groups excluding tert-OH is 1. The van der Waals surface area contributed by atoms with Crippen LogP contribution in [0, 0.1) is 12.3 Å². The van der Waals surface area contributed by atoms with Gasteiger partial charge in [0.25, 0.3) is 0 Å². The number of aliphatic imine (C=N–C) groups is 1. The normalized spacial score (nSPS) is 15.0. The molecular weight excluding hydrogens is 302 g/mol. The first-order valence-electron chi connectivity index (χ1n) is 8.57. The third kappa shape index (κ3) is 6.89. The summed E-state index contributed by atoms with van der Waals surface area (Å²) in [6.45, 7) is 12.2. The molecule has 0 aliphatic carbocycles. The van der Waals surface area contributed by atoms with E-state index in [1.165, 1.54) is 5.56 Å². The minimum Gasteiger partial charge on any atom is -0.387 e. The van der Waals surface area contributed by atoms with Crippen LogP contribution in [-0.4, -0.2) is 43.9 Å². The van der Waals surface area contributed by atoms with Crippen molar-refractivity contribution in [2.75, 3.05) is 26.7 Å². The number of nitrogens with one attached hydrogen (secondary N) is 2. The van der Waals surface area contributed by atoms with Crippen LogP contribution in [0.25, 0.3) is 0 Å². The highest BCUT2D eigenvalue weighted by molar-refractivity contribution is 5.79. The van der Waals surface area contributed by atoms with Crippen molar-refractivity contribution < 1.29 is 9.84 Å². The number of aliphatic hydroxyl groups is 1. The van der Waals surface area contributed by atoms with Crippen molar-refractivity contribution in [2.45, 2.75) is 46.8 Å². The van der Waals surface area contributed by atoms with Crippen LogP contribution in [0.3, 0.4) is 0 Å². The van der Waals surface area contributed by atoms with Crippen LogP contribution in [-0.2, 0) is 4.74 Å². The molecule has 0 fully saturated rings. The van der Waals surface area contributed by atoms with Crippen LogP contribution >= 0.6 is 0 Å². The SMILES string of the molecule is CCNC(=NCC(OC)C(C)(C)C)NCC(O)c1ccc(C)cc1. The van der Waals surface area contributed by atoms with E-state index in [0.29, 0.717) is 19.0 Å². The largest absolute Gasteiger partial charge is 0.387 e. The lowest BCUT2D eigenvalue weighted by Gasteiger charge is -2.28. The van der Waals surface area contributed by atoms with Gasteiger partial charge in [0.05, 0.1) is 18.8 Å². The van der Waals surface area contributed by atoms with Crippen molar-refractivity contribution in [3.8, 4) is 0 Å². The molecule has 0 spiro atoms. The van der Waals surface area contributed by atoms with Crippen molar-refractivity contribution in [3.05, 3.63) is 35.4 Å². The smallest absolute Gasteiger partial charge is 0.191 e. The number of ether oxygens (including phenoxy) is 1. The van der Waals surface area contributed by atoms with E-state index < -0.39 is 6.10 Å². The number of hydrogen-bond donors (Lipinski definition) is 3. The molecule has 24 heavy (non-hydrogen) atoms. The van der Waals surface area contributed by atoms with Gasteiger partial charge in [-0.2, -0.15) is 0 Å². The first-order valence-corrected chi connectivity index (χ1v) is 8.57. The van der Waals surface area contributed by atoms with Gasteiger partial charge < -0.3 is 20.5 Å². The Labute approximate surface area is 146 Å². The van der Waals surface area contributed by atoms with E-state index in [2.05, 4.69) is 36.4 Å². The molecular formula is C19H33N3O2. The number of benzene rings is 1. The number of rotatable bonds is 7. The highest BCUT2D eigenvalue weighted by atomic mass is 16.5. The second-order valence-corrected chi connectivity index (χ2v) is 7.12. The predicted octanol–water partition coefficient (Wildman–Crippen LogP) is 2.64. The minimum atomic E-state index is -0.574. The maximum absolute atomic E-state index is 10.3. The molecule has 0 bridgehead atoms. The van der Waals surface area contributed by atoms with Gasteiger partial charge in [0.1, 0.15) is 0 Å². The van der Waals surface area contributed by atoms with Crippen molar-refractivity contribution >= 4 is 5.96 Å². The fourth-order valence-electron chi connectivity index (χ4n) is 2.32. The first-order chi connectivity index (χ1) is 11.3. The molecule has 1 aromatic carbocycles. The van der Waals surface area contributed by atoms with Crippen molar-refractivity contribution in [2.24, 2.45) is 10.4 Å². The topological polar surface area (TPSA) is 65.9 Å². The summed E-state index contributed by atoms with van der Waals surface area (Å²) in [7, 11) is 1.72. The van der Waals surface area contributed by atoms with Gasteiger partial charge in [-0.15, -0.1) is 0 Å². The maximum atomic E-state index is 10.3. The van der Waals surface area contributed by atoms with Crippen molar-refractivity contribution in [3.63, 3.8) is 0 Å². The third-order valence-electron chi connectivity index (χ3n) is 3.93. The van der Waals surface area contributed by atoms with Crippen LogP contribution in [0.15, 0.2) is 29.3 Å². The van der Waals surface area contributed by atoms with Gasteiger partial charge in [-0.3, -0.25) is 4.99 Å². The van der Waals surface area contributed by atoms with E-state index in [9.17, 15) is 5.11 Å². The molecule has 0 aliphatic rings. The van der Waals surface area contributed by atoms with Gasteiger partial charge in [-0.05, 0) is 24.8 Å². The lowest BCUT2D eigenvalue weighted by atomic mass is 9.89.